The number of anilines is 1. The van der Waals surface area contributed by atoms with Crippen LogP contribution in [0.5, 0.6) is 5.75 Å². The maximum Gasteiger partial charge on any atom is 0.264 e. The molecule has 0 heterocycles. The van der Waals surface area contributed by atoms with Crippen molar-refractivity contribution in [3.05, 3.63) is 89.4 Å². The van der Waals surface area contributed by atoms with Crippen LogP contribution in [0.3, 0.4) is 0 Å². The Balaban J connectivity index is 2.03. The highest BCUT2D eigenvalue weighted by atomic mass is 35.5. The van der Waals surface area contributed by atoms with Gasteiger partial charge in [-0.3, -0.25) is 13.9 Å². The van der Waals surface area contributed by atoms with Crippen molar-refractivity contribution in [3.63, 3.8) is 0 Å². The van der Waals surface area contributed by atoms with Gasteiger partial charge in [0.05, 0.1) is 17.7 Å². The van der Waals surface area contributed by atoms with E-state index in [1.807, 2.05) is 20.8 Å². The Kier molecular flexibility index (Phi) is 10.4. The molecule has 0 bridgehead atoms. The van der Waals surface area contributed by atoms with Crippen molar-refractivity contribution in [1.29, 1.82) is 0 Å². The van der Waals surface area contributed by atoms with E-state index in [1.165, 1.54) is 24.1 Å². The van der Waals surface area contributed by atoms with Crippen LogP contribution >= 0.6 is 11.6 Å². The molecule has 0 fully saturated rings. The van der Waals surface area contributed by atoms with Gasteiger partial charge in [0.25, 0.3) is 10.0 Å². The minimum absolute atomic E-state index is 0.00815. The summed E-state index contributed by atoms with van der Waals surface area (Å²) in [6.45, 7) is 5.10. The van der Waals surface area contributed by atoms with Gasteiger partial charge in [0, 0.05) is 17.6 Å². The third kappa shape index (κ3) is 7.74. The maximum atomic E-state index is 14.0. The molecular weight excluding hydrogens is 538 g/mol. The molecule has 3 rings (SSSR count). The second-order valence-corrected chi connectivity index (χ2v) is 11.6. The molecule has 0 saturated carbocycles. The summed E-state index contributed by atoms with van der Waals surface area (Å²) in [4.78, 5) is 28.5. The number of carbonyl (C=O) groups is 2. The van der Waals surface area contributed by atoms with Crippen LogP contribution in [0.25, 0.3) is 0 Å². The van der Waals surface area contributed by atoms with Crippen LogP contribution in [0.2, 0.25) is 5.02 Å². The van der Waals surface area contributed by atoms with Gasteiger partial charge < -0.3 is 15.0 Å². The molecule has 1 atom stereocenters. The van der Waals surface area contributed by atoms with Crippen LogP contribution in [-0.4, -0.2) is 50.9 Å². The Hall–Kier alpha value is -3.56. The van der Waals surface area contributed by atoms with E-state index in [-0.39, 0.29) is 23.4 Å². The minimum Gasteiger partial charge on any atom is -0.497 e. The summed E-state index contributed by atoms with van der Waals surface area (Å²) in [5, 5.41) is 3.42. The van der Waals surface area contributed by atoms with Crippen molar-refractivity contribution < 1.29 is 22.7 Å². The molecule has 0 aliphatic heterocycles. The molecular formula is C29H34ClN3O5S. The number of para-hydroxylation sites is 1. The average molecular weight is 572 g/mol. The molecule has 1 N–H and O–H groups in total. The van der Waals surface area contributed by atoms with Gasteiger partial charge in [-0.2, -0.15) is 0 Å². The number of nitrogens with zero attached hydrogens (tertiary/aromatic N) is 2. The quantitative estimate of drug-likeness (QED) is 0.334. The van der Waals surface area contributed by atoms with Crippen molar-refractivity contribution in [2.75, 3.05) is 18.0 Å². The number of hydrogen-bond donors (Lipinski definition) is 1. The van der Waals surface area contributed by atoms with Gasteiger partial charge >= 0.3 is 0 Å². The first kappa shape index (κ1) is 30.0. The Labute approximate surface area is 235 Å². The highest BCUT2D eigenvalue weighted by molar-refractivity contribution is 7.92. The Morgan fingerprint density at radius 2 is 1.56 bits per heavy atom. The molecule has 0 aliphatic rings. The fraction of sp³-hybridized carbons (Fsp3) is 0.310. The summed E-state index contributed by atoms with van der Waals surface area (Å²) in [5.74, 6) is -0.317. The van der Waals surface area contributed by atoms with E-state index in [2.05, 4.69) is 5.32 Å². The van der Waals surface area contributed by atoms with Gasteiger partial charge in [0.15, 0.2) is 0 Å². The van der Waals surface area contributed by atoms with Gasteiger partial charge in [-0.25, -0.2) is 8.42 Å². The summed E-state index contributed by atoms with van der Waals surface area (Å²) in [6, 6.07) is 20.4. The molecule has 208 valence electrons. The van der Waals surface area contributed by atoms with E-state index >= 15 is 0 Å². The summed E-state index contributed by atoms with van der Waals surface area (Å²) < 4.78 is 33.9. The van der Waals surface area contributed by atoms with Crippen molar-refractivity contribution in [2.45, 2.75) is 50.7 Å². The number of rotatable bonds is 12. The molecule has 3 aromatic rings. The number of amides is 2. The second kappa shape index (κ2) is 13.5. The van der Waals surface area contributed by atoms with Crippen LogP contribution < -0.4 is 14.4 Å². The number of benzene rings is 3. The summed E-state index contributed by atoms with van der Waals surface area (Å²) >= 11 is 6.05. The fourth-order valence-corrected chi connectivity index (χ4v) is 5.62. The first-order valence-corrected chi connectivity index (χ1v) is 14.4. The lowest BCUT2D eigenvalue weighted by molar-refractivity contribution is -0.140. The smallest absolute Gasteiger partial charge is 0.264 e. The number of nitrogens with one attached hydrogen (secondary N) is 1. The molecule has 0 radical (unpaired) electrons. The zero-order chi connectivity index (χ0) is 28.6. The Morgan fingerprint density at radius 1 is 0.949 bits per heavy atom. The van der Waals surface area contributed by atoms with E-state index < -0.39 is 28.5 Å². The SMILES string of the molecule is CC[C@H](C(=O)NC(C)C)N(Cc1ccc(Cl)cc1)C(=O)CN(c1ccccc1)S(=O)(=O)c1ccc(OC)cc1. The van der Waals surface area contributed by atoms with Gasteiger partial charge in [-0.1, -0.05) is 48.9 Å². The zero-order valence-electron chi connectivity index (χ0n) is 22.5. The van der Waals surface area contributed by atoms with Gasteiger partial charge in [0.1, 0.15) is 18.3 Å². The van der Waals surface area contributed by atoms with Gasteiger partial charge in [0.2, 0.25) is 11.8 Å². The Morgan fingerprint density at radius 3 is 2.10 bits per heavy atom. The Bertz CT molecular complexity index is 1350. The first-order chi connectivity index (χ1) is 18.6. The average Bonchev–Trinajstić information content (AvgIpc) is 2.92. The molecule has 10 heteroatoms. The topological polar surface area (TPSA) is 96.0 Å². The van der Waals surface area contributed by atoms with Crippen molar-refractivity contribution in [3.8, 4) is 5.75 Å². The molecule has 0 spiro atoms. The number of ether oxygens (including phenoxy) is 1. The zero-order valence-corrected chi connectivity index (χ0v) is 24.1. The standard InChI is InChI=1S/C29H34ClN3O5S/c1-5-27(29(35)31-21(2)3)32(19-22-11-13-23(30)14-12-22)28(34)20-33(24-9-7-6-8-10-24)39(36,37)26-17-15-25(38-4)16-18-26/h6-18,21,27H,5,19-20H2,1-4H3,(H,31,35)/t27-/m1/s1. The third-order valence-electron chi connectivity index (χ3n) is 6.05. The number of carbonyl (C=O) groups excluding carboxylic acids is 2. The molecule has 0 aromatic heterocycles. The van der Waals surface area contributed by atoms with Crippen molar-refractivity contribution in [2.24, 2.45) is 0 Å². The number of sulfonamides is 1. The van der Waals surface area contributed by atoms with Crippen LogP contribution in [0.1, 0.15) is 32.8 Å². The minimum atomic E-state index is -4.15. The van der Waals surface area contributed by atoms with Gasteiger partial charge in [-0.05, 0) is 74.4 Å². The molecule has 0 saturated heterocycles. The van der Waals surface area contributed by atoms with Crippen molar-refractivity contribution in [1.82, 2.24) is 10.2 Å². The summed E-state index contributed by atoms with van der Waals surface area (Å²) in [5.41, 5.74) is 1.08. The van der Waals surface area contributed by atoms with E-state index in [0.717, 1.165) is 9.87 Å². The summed E-state index contributed by atoms with van der Waals surface area (Å²) in [7, 11) is -2.65. The molecule has 39 heavy (non-hydrogen) atoms. The molecule has 3 aromatic carbocycles. The van der Waals surface area contributed by atoms with E-state index in [4.69, 9.17) is 16.3 Å². The van der Waals surface area contributed by atoms with Crippen LogP contribution in [0.15, 0.2) is 83.8 Å². The van der Waals surface area contributed by atoms with E-state index in [0.29, 0.717) is 22.9 Å². The highest BCUT2D eigenvalue weighted by Crippen LogP contribution is 2.26. The predicted octanol–water partition coefficient (Wildman–Crippen LogP) is 4.88. The highest BCUT2D eigenvalue weighted by Gasteiger charge is 2.33. The third-order valence-corrected chi connectivity index (χ3v) is 8.09. The molecule has 8 nitrogen and oxygen atoms in total. The summed E-state index contributed by atoms with van der Waals surface area (Å²) in [6.07, 6.45) is 0.342. The number of halogens is 1. The molecule has 0 unspecified atom stereocenters. The van der Waals surface area contributed by atoms with E-state index in [1.54, 1.807) is 66.7 Å². The number of methoxy groups -OCH3 is 1. The van der Waals surface area contributed by atoms with Crippen molar-refractivity contribution >= 4 is 39.1 Å². The van der Waals surface area contributed by atoms with Crippen LogP contribution in [0.4, 0.5) is 5.69 Å². The van der Waals surface area contributed by atoms with E-state index in [9.17, 15) is 18.0 Å². The second-order valence-electron chi connectivity index (χ2n) is 9.26. The van der Waals surface area contributed by atoms with Gasteiger partial charge in [-0.15, -0.1) is 0 Å². The lowest BCUT2D eigenvalue weighted by Crippen LogP contribution is -2.53. The molecule has 0 aliphatic carbocycles. The predicted molar refractivity (Wildman–Crippen MR) is 153 cm³/mol. The monoisotopic (exact) mass is 571 g/mol. The molecule has 2 amide bonds. The maximum absolute atomic E-state index is 14.0. The largest absolute Gasteiger partial charge is 0.497 e. The lowest BCUT2D eigenvalue weighted by atomic mass is 10.1. The van der Waals surface area contributed by atoms with Crippen LogP contribution in [0, 0.1) is 0 Å². The lowest BCUT2D eigenvalue weighted by Gasteiger charge is -2.33. The number of hydrogen-bond acceptors (Lipinski definition) is 5. The van der Waals surface area contributed by atoms with Crippen LogP contribution in [-0.2, 0) is 26.2 Å². The normalized spacial score (nSPS) is 12.1. The first-order valence-electron chi connectivity index (χ1n) is 12.6. The fourth-order valence-electron chi connectivity index (χ4n) is 4.08.